The van der Waals surface area contributed by atoms with E-state index >= 15 is 0 Å². The van der Waals surface area contributed by atoms with Crippen molar-refractivity contribution < 1.29 is 28.4 Å². The molecule has 206 valence electrons. The monoisotopic (exact) mass is 565 g/mol. The lowest BCUT2D eigenvalue weighted by Gasteiger charge is -2.28. The summed E-state index contributed by atoms with van der Waals surface area (Å²) in [6, 6.07) is 9.06. The average Bonchev–Trinajstić information content (AvgIpc) is 3.16. The fraction of sp³-hybridized carbons (Fsp3) is 0.480. The fourth-order valence-corrected chi connectivity index (χ4v) is 6.05. The van der Waals surface area contributed by atoms with E-state index in [9.17, 15) is 19.5 Å². The molecule has 38 heavy (non-hydrogen) atoms. The molecule has 1 fully saturated rings. The summed E-state index contributed by atoms with van der Waals surface area (Å²) >= 11 is 5.71. The van der Waals surface area contributed by atoms with E-state index < -0.39 is 54.3 Å². The number of carbonyl (C=O) groups excluding carboxylic acids is 1. The zero-order valence-corrected chi connectivity index (χ0v) is 23.2. The molecule has 6 unspecified atom stereocenters. The van der Waals surface area contributed by atoms with E-state index in [4.69, 9.17) is 30.3 Å². The Morgan fingerprint density at radius 1 is 1.26 bits per heavy atom. The zero-order chi connectivity index (χ0) is 27.9. The molecule has 0 amide bonds. The van der Waals surface area contributed by atoms with E-state index in [-0.39, 0.29) is 12.7 Å². The molecule has 6 atom stereocenters. The molecule has 0 radical (unpaired) electrons. The highest BCUT2D eigenvalue weighted by atomic mass is 32.5. The maximum Gasteiger partial charge on any atom is 0.330 e. The Bertz CT molecular complexity index is 1320. The van der Waals surface area contributed by atoms with Crippen molar-refractivity contribution in [1.82, 2.24) is 14.6 Å². The molecule has 1 aliphatic rings. The predicted molar refractivity (Wildman–Crippen MR) is 144 cm³/mol. The quantitative estimate of drug-likeness (QED) is 0.223. The Labute approximate surface area is 225 Å². The highest BCUT2D eigenvalue weighted by molar-refractivity contribution is 8.09. The van der Waals surface area contributed by atoms with Crippen LogP contribution >= 0.6 is 6.64 Å². The summed E-state index contributed by atoms with van der Waals surface area (Å²) in [6.07, 6.45) is -1.59. The third kappa shape index (κ3) is 7.86. The van der Waals surface area contributed by atoms with Gasteiger partial charge in [-0.3, -0.25) is 19.1 Å². The average molecular weight is 566 g/mol. The van der Waals surface area contributed by atoms with Crippen LogP contribution in [0.15, 0.2) is 52.2 Å². The Morgan fingerprint density at radius 2 is 1.97 bits per heavy atom. The fourth-order valence-electron chi connectivity index (χ4n) is 3.63. The molecular formula is C25H32N3O8PS. The summed E-state index contributed by atoms with van der Waals surface area (Å²) in [7, 11) is 0. The summed E-state index contributed by atoms with van der Waals surface area (Å²) in [4.78, 5) is 38.6. The summed E-state index contributed by atoms with van der Waals surface area (Å²) in [5.74, 6) is 4.97. The molecule has 0 saturated carbocycles. The smallest absolute Gasteiger partial charge is 0.330 e. The van der Waals surface area contributed by atoms with Crippen molar-refractivity contribution in [2.24, 2.45) is 5.92 Å². The first-order valence-corrected chi connectivity index (χ1v) is 14.8. The maximum atomic E-state index is 12.4. The van der Waals surface area contributed by atoms with E-state index in [1.54, 1.807) is 45.0 Å². The number of aliphatic hydroxyl groups excluding tert-OH is 1. The van der Waals surface area contributed by atoms with Crippen molar-refractivity contribution in [3.05, 3.63) is 63.4 Å². The highest BCUT2D eigenvalue weighted by Crippen LogP contribution is 2.46. The van der Waals surface area contributed by atoms with Crippen molar-refractivity contribution >= 4 is 24.4 Å². The summed E-state index contributed by atoms with van der Waals surface area (Å²) in [5, 5.41) is 14.0. The summed E-state index contributed by atoms with van der Waals surface area (Å²) in [6.45, 7) is 3.29. The molecular weight excluding hydrogens is 533 g/mol. The van der Waals surface area contributed by atoms with Crippen molar-refractivity contribution in [1.29, 1.82) is 0 Å². The van der Waals surface area contributed by atoms with Crippen LogP contribution in [0.2, 0.25) is 0 Å². The van der Waals surface area contributed by atoms with Crippen LogP contribution in [0.3, 0.4) is 0 Å². The minimum Gasteiger partial charge on any atom is -0.462 e. The summed E-state index contributed by atoms with van der Waals surface area (Å²) in [5.41, 5.74) is -1.26. The van der Waals surface area contributed by atoms with Crippen LogP contribution in [0.5, 0.6) is 5.75 Å². The lowest BCUT2D eigenvalue weighted by Crippen LogP contribution is -2.37. The number of hydrogen-bond donors (Lipinski definition) is 3. The minimum atomic E-state index is -3.38. The SMILES string of the molecule is CCC#CC1C(O)C(COP(=S)(NC(C)C(=O)OC(C)C)Oc2ccccc2)OC1n1ccc(=O)[nH]c1=O. The highest BCUT2D eigenvalue weighted by Gasteiger charge is 2.45. The van der Waals surface area contributed by atoms with Gasteiger partial charge in [-0.1, -0.05) is 31.0 Å². The number of rotatable bonds is 10. The molecule has 2 heterocycles. The van der Waals surface area contributed by atoms with E-state index in [0.717, 1.165) is 0 Å². The number of nitrogens with one attached hydrogen (secondary N) is 2. The Kier molecular flexibility index (Phi) is 10.4. The Morgan fingerprint density at radius 3 is 2.61 bits per heavy atom. The molecule has 1 aromatic heterocycles. The number of aromatic amines is 1. The van der Waals surface area contributed by atoms with Crippen molar-refractivity contribution in [2.75, 3.05) is 6.61 Å². The van der Waals surface area contributed by atoms with Gasteiger partial charge < -0.3 is 23.6 Å². The molecule has 3 rings (SSSR count). The van der Waals surface area contributed by atoms with Crippen LogP contribution in [0.25, 0.3) is 0 Å². The predicted octanol–water partition coefficient (Wildman–Crippen LogP) is 2.07. The van der Waals surface area contributed by atoms with Gasteiger partial charge >= 0.3 is 18.3 Å². The Balaban J connectivity index is 1.83. The first kappa shape index (κ1) is 29.8. The second-order valence-corrected chi connectivity index (χ2v) is 11.9. The molecule has 1 aromatic carbocycles. The molecule has 13 heteroatoms. The van der Waals surface area contributed by atoms with Crippen LogP contribution in [-0.4, -0.2) is 51.6 Å². The van der Waals surface area contributed by atoms with E-state index in [1.165, 1.54) is 16.8 Å². The van der Waals surface area contributed by atoms with Crippen molar-refractivity contribution in [3.63, 3.8) is 0 Å². The standard InChI is InChI=1S/C25H32N3O8PS/c1-5-6-12-19-22(30)20(35-23(19)28-14-13-21(29)26-25(28)32)15-33-37(38,36-18-10-8-7-9-11-18)27-17(4)24(31)34-16(2)3/h7-11,13-14,16-17,19-20,22-23,30H,5,15H2,1-4H3,(H,27,38)(H,26,29,32). The second kappa shape index (κ2) is 13.3. The van der Waals surface area contributed by atoms with Crippen LogP contribution in [-0.2, 0) is 30.6 Å². The normalized spacial score (nSPS) is 23.2. The first-order valence-electron chi connectivity index (χ1n) is 12.1. The van der Waals surface area contributed by atoms with Gasteiger partial charge in [-0.05, 0) is 44.7 Å². The van der Waals surface area contributed by atoms with Gasteiger partial charge in [-0.2, -0.15) is 0 Å². The number of ether oxygens (including phenoxy) is 2. The molecule has 11 nitrogen and oxygen atoms in total. The van der Waals surface area contributed by atoms with Gasteiger partial charge in [0.05, 0.1) is 18.6 Å². The van der Waals surface area contributed by atoms with Gasteiger partial charge in [0.25, 0.3) is 5.56 Å². The van der Waals surface area contributed by atoms with Gasteiger partial charge in [-0.15, -0.1) is 5.92 Å². The van der Waals surface area contributed by atoms with E-state index in [0.29, 0.717) is 12.2 Å². The number of para-hydroxylation sites is 1. The van der Waals surface area contributed by atoms with Gasteiger partial charge in [0.15, 0.2) is 6.23 Å². The molecule has 1 aliphatic heterocycles. The molecule has 3 N–H and O–H groups in total. The number of aliphatic hydroxyl groups is 1. The van der Waals surface area contributed by atoms with Gasteiger partial charge in [0.2, 0.25) is 0 Å². The van der Waals surface area contributed by atoms with Crippen LogP contribution in [0.4, 0.5) is 0 Å². The van der Waals surface area contributed by atoms with Crippen LogP contribution in [0, 0.1) is 17.8 Å². The molecule has 1 saturated heterocycles. The molecule has 0 spiro atoms. The topological polar surface area (TPSA) is 141 Å². The van der Waals surface area contributed by atoms with E-state index in [1.807, 2.05) is 13.0 Å². The minimum absolute atomic E-state index is 0.233. The first-order chi connectivity index (χ1) is 18.0. The number of nitrogens with zero attached hydrogens (tertiary/aromatic N) is 1. The molecule has 0 aliphatic carbocycles. The number of benzene rings is 1. The lowest BCUT2D eigenvalue weighted by atomic mass is 10.00. The number of aromatic nitrogens is 2. The van der Waals surface area contributed by atoms with Crippen molar-refractivity contribution in [2.45, 2.75) is 64.7 Å². The van der Waals surface area contributed by atoms with E-state index in [2.05, 4.69) is 21.9 Å². The summed E-state index contributed by atoms with van der Waals surface area (Å²) < 4.78 is 24.4. The second-order valence-electron chi connectivity index (χ2n) is 8.81. The number of esters is 1. The Hall–Kier alpha value is -2.78. The van der Waals surface area contributed by atoms with Gasteiger partial charge in [-0.25, -0.2) is 9.88 Å². The number of carbonyl (C=O) groups is 1. The third-order valence-electron chi connectivity index (χ3n) is 5.38. The van der Waals surface area contributed by atoms with Crippen LogP contribution < -0.4 is 20.9 Å². The van der Waals surface area contributed by atoms with Gasteiger partial charge in [0.1, 0.15) is 24.0 Å². The largest absolute Gasteiger partial charge is 0.462 e. The van der Waals surface area contributed by atoms with Crippen LogP contribution in [0.1, 0.15) is 40.3 Å². The maximum absolute atomic E-state index is 12.4. The molecule has 0 bridgehead atoms. The number of H-pyrrole nitrogens is 1. The zero-order valence-electron chi connectivity index (χ0n) is 21.5. The molecule has 2 aromatic rings. The van der Waals surface area contributed by atoms with Gasteiger partial charge in [0, 0.05) is 18.7 Å². The lowest BCUT2D eigenvalue weighted by molar-refractivity contribution is -0.149. The van der Waals surface area contributed by atoms with Crippen molar-refractivity contribution in [3.8, 4) is 17.6 Å². The number of hydrogen-bond acceptors (Lipinski definition) is 9. The third-order valence-corrected chi connectivity index (χ3v) is 7.88.